The summed E-state index contributed by atoms with van der Waals surface area (Å²) in [5.41, 5.74) is 0.0563. The molecule has 0 spiro atoms. The molecule has 0 amide bonds. The molecule has 0 atom stereocenters. The number of nitrogens with zero attached hydrogens (tertiary/aromatic N) is 4. The maximum Gasteiger partial charge on any atom is 0.284 e. The topological polar surface area (TPSA) is 106 Å². The normalized spacial score (nSPS) is 10.3. The number of hydrogen-bond donors (Lipinski definition) is 0. The molecule has 2 aromatic heterocycles. The molecule has 0 fully saturated rings. The summed E-state index contributed by atoms with van der Waals surface area (Å²) >= 11 is 2.45. The fourth-order valence-electron chi connectivity index (χ4n) is 1.66. The molecule has 9 heteroatoms. The molecular weight excluding hydrogens is 324 g/mol. The molecule has 0 bridgehead atoms. The van der Waals surface area contributed by atoms with E-state index in [1.165, 1.54) is 29.5 Å². The van der Waals surface area contributed by atoms with E-state index >= 15 is 0 Å². The minimum Gasteiger partial charge on any atom is -0.410 e. The van der Waals surface area contributed by atoms with E-state index in [1.54, 1.807) is 0 Å². The summed E-state index contributed by atoms with van der Waals surface area (Å²) in [5.74, 6) is 0.369. The Morgan fingerprint density at radius 2 is 2.23 bits per heavy atom. The third-order valence-corrected chi connectivity index (χ3v) is 4.38. The third-order valence-electron chi connectivity index (χ3n) is 2.62. The van der Waals surface area contributed by atoms with Crippen LogP contribution in [-0.2, 0) is 0 Å². The van der Waals surface area contributed by atoms with Crippen molar-refractivity contribution in [2.24, 2.45) is 0 Å². The summed E-state index contributed by atoms with van der Waals surface area (Å²) in [4.78, 5) is 11.7. The SMILES string of the molecule is N#Cc1ccc(Sc2nnc(-c3cccs3)o2)c([N+](=O)[O-])c1. The van der Waals surface area contributed by atoms with E-state index in [0.717, 1.165) is 16.6 Å². The van der Waals surface area contributed by atoms with Gasteiger partial charge in [-0.3, -0.25) is 10.1 Å². The Kier molecular flexibility index (Phi) is 3.86. The van der Waals surface area contributed by atoms with Crippen LogP contribution in [0.25, 0.3) is 10.8 Å². The van der Waals surface area contributed by atoms with E-state index in [0.29, 0.717) is 10.8 Å². The van der Waals surface area contributed by atoms with Gasteiger partial charge in [0.15, 0.2) is 0 Å². The molecule has 0 aliphatic rings. The van der Waals surface area contributed by atoms with Crippen LogP contribution in [0, 0.1) is 21.4 Å². The first-order valence-electron chi connectivity index (χ1n) is 5.91. The molecule has 0 radical (unpaired) electrons. The largest absolute Gasteiger partial charge is 0.410 e. The Hall–Kier alpha value is -2.70. The predicted octanol–water partition coefficient (Wildman–Crippen LogP) is 3.73. The lowest BCUT2D eigenvalue weighted by Gasteiger charge is -1.99. The second kappa shape index (κ2) is 5.97. The fraction of sp³-hybridized carbons (Fsp3) is 0. The molecule has 0 saturated carbocycles. The van der Waals surface area contributed by atoms with Crippen molar-refractivity contribution < 1.29 is 9.34 Å². The van der Waals surface area contributed by atoms with Crippen molar-refractivity contribution in [2.75, 3.05) is 0 Å². The van der Waals surface area contributed by atoms with Gasteiger partial charge in [-0.25, -0.2) is 0 Å². The molecule has 108 valence electrons. The number of benzene rings is 1. The third kappa shape index (κ3) is 2.83. The monoisotopic (exact) mass is 330 g/mol. The predicted molar refractivity (Wildman–Crippen MR) is 79.5 cm³/mol. The molecule has 3 aromatic rings. The molecular formula is C13H6N4O3S2. The Balaban J connectivity index is 1.90. The van der Waals surface area contributed by atoms with Crippen molar-refractivity contribution in [1.82, 2.24) is 10.2 Å². The van der Waals surface area contributed by atoms with Gasteiger partial charge in [0.05, 0.1) is 26.3 Å². The summed E-state index contributed by atoms with van der Waals surface area (Å²) in [6.45, 7) is 0. The minimum absolute atomic E-state index is 0.167. The van der Waals surface area contributed by atoms with Gasteiger partial charge in [-0.15, -0.1) is 21.5 Å². The number of hydrogen-bond acceptors (Lipinski definition) is 8. The van der Waals surface area contributed by atoms with Crippen LogP contribution in [0.5, 0.6) is 0 Å². The zero-order chi connectivity index (χ0) is 15.5. The molecule has 1 aromatic carbocycles. The van der Waals surface area contributed by atoms with Crippen LogP contribution in [0.2, 0.25) is 0 Å². The number of thiophene rings is 1. The second-order valence-electron chi connectivity index (χ2n) is 4.00. The van der Waals surface area contributed by atoms with Crippen LogP contribution >= 0.6 is 23.1 Å². The van der Waals surface area contributed by atoms with Crippen molar-refractivity contribution >= 4 is 28.8 Å². The van der Waals surface area contributed by atoms with Gasteiger partial charge in [-0.1, -0.05) is 6.07 Å². The van der Waals surface area contributed by atoms with Gasteiger partial charge < -0.3 is 4.42 Å². The van der Waals surface area contributed by atoms with Gasteiger partial charge in [0.25, 0.3) is 16.8 Å². The van der Waals surface area contributed by atoms with Crippen LogP contribution in [0.15, 0.2) is 50.2 Å². The first-order chi connectivity index (χ1) is 10.7. The van der Waals surface area contributed by atoms with Gasteiger partial charge in [0.2, 0.25) is 0 Å². The van der Waals surface area contributed by atoms with Crippen molar-refractivity contribution in [2.45, 2.75) is 10.1 Å². The Morgan fingerprint density at radius 1 is 1.36 bits per heavy atom. The summed E-state index contributed by atoms with van der Waals surface area (Å²) in [7, 11) is 0. The Labute approximate surface area is 132 Å². The number of aromatic nitrogens is 2. The van der Waals surface area contributed by atoms with Crippen molar-refractivity contribution in [3.63, 3.8) is 0 Å². The zero-order valence-corrected chi connectivity index (χ0v) is 12.4. The molecule has 0 saturated heterocycles. The maximum atomic E-state index is 11.1. The van der Waals surface area contributed by atoms with Crippen LogP contribution in [0.1, 0.15) is 5.56 Å². The van der Waals surface area contributed by atoms with Gasteiger partial charge in [-0.05, 0) is 35.3 Å². The number of nitro groups is 1. The molecule has 7 nitrogen and oxygen atoms in total. The van der Waals surface area contributed by atoms with E-state index in [2.05, 4.69) is 10.2 Å². The van der Waals surface area contributed by atoms with Crippen LogP contribution in [0.3, 0.4) is 0 Å². The van der Waals surface area contributed by atoms with E-state index < -0.39 is 4.92 Å². The Bertz CT molecular complexity index is 868. The van der Waals surface area contributed by atoms with E-state index in [4.69, 9.17) is 9.68 Å². The molecule has 2 heterocycles. The van der Waals surface area contributed by atoms with E-state index in [-0.39, 0.29) is 16.5 Å². The van der Waals surface area contributed by atoms with Crippen molar-refractivity contribution in [1.29, 1.82) is 5.26 Å². The Morgan fingerprint density at radius 3 is 2.91 bits per heavy atom. The summed E-state index contributed by atoms with van der Waals surface area (Å²) in [5, 5.41) is 29.8. The molecule has 0 aliphatic heterocycles. The maximum absolute atomic E-state index is 11.1. The summed E-state index contributed by atoms with van der Waals surface area (Å²) in [6.07, 6.45) is 0. The lowest BCUT2D eigenvalue weighted by molar-refractivity contribution is -0.387. The number of nitro benzene ring substituents is 1. The molecule has 3 rings (SSSR count). The smallest absolute Gasteiger partial charge is 0.284 e. The molecule has 0 unspecified atom stereocenters. The highest BCUT2D eigenvalue weighted by Crippen LogP contribution is 2.36. The van der Waals surface area contributed by atoms with Gasteiger partial charge >= 0.3 is 0 Å². The van der Waals surface area contributed by atoms with Crippen LogP contribution in [-0.4, -0.2) is 15.1 Å². The summed E-state index contributed by atoms with van der Waals surface area (Å²) < 4.78 is 5.49. The summed E-state index contributed by atoms with van der Waals surface area (Å²) in [6, 6.07) is 9.80. The number of rotatable bonds is 4. The fourth-order valence-corrected chi connectivity index (χ4v) is 3.07. The lowest BCUT2D eigenvalue weighted by Crippen LogP contribution is -1.92. The van der Waals surface area contributed by atoms with Crippen molar-refractivity contribution in [3.8, 4) is 16.8 Å². The molecule has 0 N–H and O–H groups in total. The second-order valence-corrected chi connectivity index (χ2v) is 5.94. The first kappa shape index (κ1) is 14.2. The van der Waals surface area contributed by atoms with E-state index in [9.17, 15) is 10.1 Å². The lowest BCUT2D eigenvalue weighted by atomic mass is 10.2. The van der Waals surface area contributed by atoms with Gasteiger partial charge in [0.1, 0.15) is 0 Å². The quantitative estimate of drug-likeness (QED) is 0.530. The van der Waals surface area contributed by atoms with Gasteiger partial charge in [0, 0.05) is 6.07 Å². The molecule has 0 aliphatic carbocycles. The van der Waals surface area contributed by atoms with Crippen LogP contribution < -0.4 is 0 Å². The van der Waals surface area contributed by atoms with E-state index in [1.807, 2.05) is 23.6 Å². The minimum atomic E-state index is -0.542. The van der Waals surface area contributed by atoms with Crippen LogP contribution in [0.4, 0.5) is 5.69 Å². The van der Waals surface area contributed by atoms with Crippen molar-refractivity contribution in [3.05, 3.63) is 51.4 Å². The van der Waals surface area contributed by atoms with Gasteiger partial charge in [-0.2, -0.15) is 5.26 Å². The zero-order valence-electron chi connectivity index (χ0n) is 10.8. The number of nitriles is 1. The highest BCUT2D eigenvalue weighted by atomic mass is 32.2. The highest BCUT2D eigenvalue weighted by molar-refractivity contribution is 7.99. The average molecular weight is 330 g/mol. The standard InChI is InChI=1S/C13H6N4O3S2/c14-7-8-3-4-10(9(6-8)17(18)19)22-13-16-15-12(20-13)11-2-1-5-21-11/h1-6H. The molecule has 22 heavy (non-hydrogen) atoms. The average Bonchev–Trinajstić information content (AvgIpc) is 3.18. The highest BCUT2D eigenvalue weighted by Gasteiger charge is 2.19. The first-order valence-corrected chi connectivity index (χ1v) is 7.61.